The minimum atomic E-state index is 0.101. The molecule has 2 N–H and O–H groups in total. The second-order valence-electron chi connectivity index (χ2n) is 2.86. The molecule has 0 aliphatic carbocycles. The van der Waals surface area contributed by atoms with Crippen LogP contribution in [0.1, 0.15) is 40.0 Å². The van der Waals surface area contributed by atoms with Gasteiger partial charge in [-0.05, 0) is 19.8 Å². The Kier molecular flexibility index (Phi) is 5.85. The molecule has 0 aliphatic rings. The molecule has 0 fully saturated rings. The number of nitrogens with zero attached hydrogens (tertiary/aromatic N) is 1. The first-order valence-electron chi connectivity index (χ1n) is 4.64. The van der Waals surface area contributed by atoms with Gasteiger partial charge in [-0.3, -0.25) is 4.79 Å². The van der Waals surface area contributed by atoms with Crippen molar-refractivity contribution in [3.05, 3.63) is 11.3 Å². The summed E-state index contributed by atoms with van der Waals surface area (Å²) in [7, 11) is 0. The van der Waals surface area contributed by atoms with Gasteiger partial charge in [0.25, 0.3) is 0 Å². The largest absolute Gasteiger partial charge is 0.390 e. The number of carbonyl (C=O) groups excluding carboxylic acids is 1. The van der Waals surface area contributed by atoms with Crippen molar-refractivity contribution in [2.45, 2.75) is 40.0 Å². The maximum Gasteiger partial charge on any atom is 0.157 e. The summed E-state index contributed by atoms with van der Waals surface area (Å²) in [5.74, 6) is 0.101. The molecule has 3 heteroatoms. The van der Waals surface area contributed by atoms with Gasteiger partial charge < -0.3 is 5.73 Å². The van der Waals surface area contributed by atoms with Crippen LogP contribution in [0.2, 0.25) is 0 Å². The Labute approximate surface area is 79.7 Å². The third-order valence-electron chi connectivity index (χ3n) is 1.84. The molecule has 74 valence electrons. The molecule has 0 bridgehead atoms. The average Bonchev–Trinajstić information content (AvgIpc) is 2.10. The van der Waals surface area contributed by atoms with Crippen LogP contribution in [0, 0.1) is 0 Å². The van der Waals surface area contributed by atoms with Crippen LogP contribution < -0.4 is 5.73 Å². The molecule has 0 saturated heterocycles. The van der Waals surface area contributed by atoms with Crippen LogP contribution >= 0.6 is 0 Å². The van der Waals surface area contributed by atoms with E-state index in [9.17, 15) is 4.79 Å². The molecule has 0 aromatic carbocycles. The maximum absolute atomic E-state index is 11.2. The summed E-state index contributed by atoms with van der Waals surface area (Å²) >= 11 is 0. The third kappa shape index (κ3) is 3.87. The Bertz CT molecular complexity index is 229. The van der Waals surface area contributed by atoms with E-state index in [1.54, 1.807) is 6.92 Å². The fourth-order valence-electron chi connectivity index (χ4n) is 1.25. The molecular formula is C10H18N2O. The minimum absolute atomic E-state index is 0.101. The van der Waals surface area contributed by atoms with E-state index in [1.165, 1.54) is 6.34 Å². The summed E-state index contributed by atoms with van der Waals surface area (Å²) < 4.78 is 0. The monoisotopic (exact) mass is 182 g/mol. The maximum atomic E-state index is 11.2. The number of ketones is 1. The molecule has 3 nitrogen and oxygen atoms in total. The molecular weight excluding hydrogens is 164 g/mol. The van der Waals surface area contributed by atoms with E-state index in [1.807, 2.05) is 13.8 Å². The summed E-state index contributed by atoms with van der Waals surface area (Å²) in [6.45, 7) is 5.59. The van der Waals surface area contributed by atoms with Crippen LogP contribution in [0.25, 0.3) is 0 Å². The van der Waals surface area contributed by atoms with Gasteiger partial charge >= 0.3 is 0 Å². The molecule has 0 atom stereocenters. The van der Waals surface area contributed by atoms with Crippen molar-refractivity contribution < 1.29 is 4.79 Å². The van der Waals surface area contributed by atoms with E-state index < -0.39 is 0 Å². The third-order valence-corrected chi connectivity index (χ3v) is 1.84. The Hall–Kier alpha value is -1.12. The van der Waals surface area contributed by atoms with Crippen molar-refractivity contribution in [3.63, 3.8) is 0 Å². The summed E-state index contributed by atoms with van der Waals surface area (Å²) in [6.07, 6.45) is 3.74. The quantitative estimate of drug-likeness (QED) is 0.402. The van der Waals surface area contributed by atoms with Crippen molar-refractivity contribution in [2.75, 3.05) is 0 Å². The molecule has 0 aromatic rings. The first-order valence-corrected chi connectivity index (χ1v) is 4.64. The van der Waals surface area contributed by atoms with Gasteiger partial charge in [-0.25, -0.2) is 4.99 Å². The lowest BCUT2D eigenvalue weighted by molar-refractivity contribution is -0.113. The summed E-state index contributed by atoms with van der Waals surface area (Å²) in [5.41, 5.74) is 6.83. The Morgan fingerprint density at radius 2 is 2.08 bits per heavy atom. The molecule has 0 unspecified atom stereocenters. The average molecular weight is 182 g/mol. The van der Waals surface area contributed by atoms with Crippen molar-refractivity contribution >= 4 is 12.1 Å². The first-order chi connectivity index (χ1) is 6.17. The Balaban J connectivity index is 4.88. The van der Waals surface area contributed by atoms with Gasteiger partial charge in [0.15, 0.2) is 5.78 Å². The lowest BCUT2D eigenvalue weighted by Gasteiger charge is -2.05. The first kappa shape index (κ1) is 11.9. The predicted molar refractivity (Wildman–Crippen MR) is 55.6 cm³/mol. The van der Waals surface area contributed by atoms with E-state index in [0.29, 0.717) is 0 Å². The minimum Gasteiger partial charge on any atom is -0.390 e. The highest BCUT2D eigenvalue weighted by atomic mass is 16.1. The smallest absolute Gasteiger partial charge is 0.157 e. The second-order valence-corrected chi connectivity index (χ2v) is 2.86. The van der Waals surface area contributed by atoms with Gasteiger partial charge in [0, 0.05) is 11.3 Å². The van der Waals surface area contributed by atoms with Gasteiger partial charge in [-0.15, -0.1) is 0 Å². The van der Waals surface area contributed by atoms with Gasteiger partial charge in [0.2, 0.25) is 0 Å². The number of nitrogens with two attached hydrogens (primary N) is 1. The van der Waals surface area contributed by atoms with E-state index in [4.69, 9.17) is 5.73 Å². The fourth-order valence-corrected chi connectivity index (χ4v) is 1.25. The zero-order valence-electron chi connectivity index (χ0n) is 8.63. The molecule has 0 aromatic heterocycles. The predicted octanol–water partition coefficient (Wildman–Crippen LogP) is 2.03. The number of allylic oxidation sites excluding steroid dienone is 2. The highest BCUT2D eigenvalue weighted by molar-refractivity contribution is 5.94. The zero-order chi connectivity index (χ0) is 10.3. The van der Waals surface area contributed by atoms with Crippen molar-refractivity contribution in [2.24, 2.45) is 10.7 Å². The molecule has 0 radical (unpaired) electrons. The van der Waals surface area contributed by atoms with Crippen molar-refractivity contribution in [3.8, 4) is 0 Å². The molecule has 0 saturated carbocycles. The van der Waals surface area contributed by atoms with Gasteiger partial charge in [-0.1, -0.05) is 20.3 Å². The number of rotatable bonds is 5. The zero-order valence-corrected chi connectivity index (χ0v) is 8.63. The van der Waals surface area contributed by atoms with Crippen LogP contribution in [0.3, 0.4) is 0 Å². The van der Waals surface area contributed by atoms with Gasteiger partial charge in [0.1, 0.15) is 0 Å². The van der Waals surface area contributed by atoms with Crippen LogP contribution in [-0.4, -0.2) is 12.1 Å². The topological polar surface area (TPSA) is 55.5 Å². The molecule has 0 heterocycles. The fraction of sp³-hybridized carbons (Fsp3) is 0.600. The standard InChI is InChI=1S/C10H18N2O/c1-4-6-9(8(3)13)10(5-2)12-7-11/h7H,4-6H2,1-3H3,(H2,11,12)/b10-9-. The molecule has 0 aliphatic heterocycles. The van der Waals surface area contributed by atoms with Crippen molar-refractivity contribution in [1.82, 2.24) is 0 Å². The highest BCUT2D eigenvalue weighted by Gasteiger charge is 2.07. The van der Waals surface area contributed by atoms with E-state index >= 15 is 0 Å². The van der Waals surface area contributed by atoms with Crippen LogP contribution in [0.4, 0.5) is 0 Å². The SMILES string of the molecule is CCC/C(C(C)=O)=C(\CC)N=CN. The highest BCUT2D eigenvalue weighted by Crippen LogP contribution is 2.16. The summed E-state index contributed by atoms with van der Waals surface area (Å²) in [5, 5.41) is 0. The van der Waals surface area contributed by atoms with Gasteiger partial charge in [-0.2, -0.15) is 0 Å². The second kappa shape index (κ2) is 6.40. The Morgan fingerprint density at radius 1 is 1.46 bits per heavy atom. The molecule has 0 spiro atoms. The van der Waals surface area contributed by atoms with Crippen LogP contribution in [0.5, 0.6) is 0 Å². The van der Waals surface area contributed by atoms with Gasteiger partial charge in [0.05, 0.1) is 6.34 Å². The van der Waals surface area contributed by atoms with E-state index in [-0.39, 0.29) is 5.78 Å². The molecule has 13 heavy (non-hydrogen) atoms. The molecule has 0 amide bonds. The number of hydrogen-bond donors (Lipinski definition) is 1. The number of Topliss-reactive ketones (excluding diaryl/α,β-unsaturated/α-hetero) is 1. The summed E-state index contributed by atoms with van der Waals surface area (Å²) in [4.78, 5) is 15.2. The van der Waals surface area contributed by atoms with Crippen LogP contribution in [-0.2, 0) is 4.79 Å². The van der Waals surface area contributed by atoms with E-state index in [0.717, 1.165) is 30.5 Å². The summed E-state index contributed by atoms with van der Waals surface area (Å²) in [6, 6.07) is 0. The van der Waals surface area contributed by atoms with Crippen molar-refractivity contribution in [1.29, 1.82) is 0 Å². The number of aliphatic imine (C=N–C) groups is 1. The van der Waals surface area contributed by atoms with E-state index in [2.05, 4.69) is 4.99 Å². The van der Waals surface area contributed by atoms with Crippen LogP contribution in [0.15, 0.2) is 16.3 Å². The molecule has 0 rings (SSSR count). The number of carbonyl (C=O) groups is 1. The lowest BCUT2D eigenvalue weighted by Crippen LogP contribution is -2.01. The Morgan fingerprint density at radius 3 is 2.38 bits per heavy atom. The lowest BCUT2D eigenvalue weighted by atomic mass is 10.0. The number of hydrogen-bond acceptors (Lipinski definition) is 2. The normalized spacial score (nSPS) is 13.2.